The lowest BCUT2D eigenvalue weighted by atomic mass is 10.3. The van der Waals surface area contributed by atoms with Gasteiger partial charge in [-0.2, -0.15) is 0 Å². The second-order valence-corrected chi connectivity index (χ2v) is 1.98. The van der Waals surface area contributed by atoms with Crippen molar-refractivity contribution in [2.45, 2.75) is 6.92 Å². The first kappa shape index (κ1) is 10.3. The van der Waals surface area contributed by atoms with Crippen LogP contribution in [0.5, 0.6) is 0 Å². The van der Waals surface area contributed by atoms with Crippen molar-refractivity contribution in [2.24, 2.45) is 0 Å². The van der Waals surface area contributed by atoms with Crippen LogP contribution in [0.4, 0.5) is 0 Å². The molecule has 0 N–H and O–H groups in total. The van der Waals surface area contributed by atoms with Gasteiger partial charge in [0.15, 0.2) is 0 Å². The number of nitrogens with zero attached hydrogens (tertiary/aromatic N) is 2. The molecule has 0 atom stereocenters. The molecular weight excluding hydrogens is 164 g/mol. The quantitative estimate of drug-likeness (QED) is 0.359. The smallest absolute Gasteiger partial charge is 0.244 e. The lowest BCUT2D eigenvalue weighted by molar-refractivity contribution is -0.472. The van der Waals surface area contributed by atoms with Gasteiger partial charge in [-0.05, 0) is 6.92 Å². The van der Waals surface area contributed by atoms with E-state index >= 15 is 0 Å². The van der Waals surface area contributed by atoms with Crippen molar-refractivity contribution in [3.8, 4) is 0 Å². The molecule has 0 fully saturated rings. The summed E-state index contributed by atoms with van der Waals surface area (Å²) in [5.41, 5.74) is 0.0764. The van der Waals surface area contributed by atoms with E-state index < -0.39 is 16.4 Å². The molecule has 0 heterocycles. The van der Waals surface area contributed by atoms with E-state index in [-0.39, 0.29) is 5.57 Å². The van der Waals surface area contributed by atoms with Crippen LogP contribution in [0.3, 0.4) is 0 Å². The summed E-state index contributed by atoms with van der Waals surface area (Å²) in [6, 6.07) is 0. The Labute approximate surface area is 68.5 Å². The van der Waals surface area contributed by atoms with Crippen molar-refractivity contribution >= 4 is 0 Å². The molecule has 0 aromatic rings. The van der Waals surface area contributed by atoms with Gasteiger partial charge in [0.25, 0.3) is 0 Å². The molecule has 12 heavy (non-hydrogen) atoms. The normalized spacial score (nSPS) is 11.9. The maximum atomic E-state index is 9.97. The summed E-state index contributed by atoms with van der Waals surface area (Å²) in [5.74, 6) is 0. The Kier molecular flexibility index (Phi) is 4.28. The predicted octanol–water partition coefficient (Wildman–Crippen LogP) is 1.000. The number of hydrogen-bond donors (Lipinski definition) is 0. The molecule has 0 rings (SSSR count). The first-order chi connectivity index (χ1) is 5.56. The Bertz CT molecular complexity index is 244. The van der Waals surface area contributed by atoms with Crippen LogP contribution < -0.4 is 0 Å². The molecule has 0 aromatic heterocycles. The van der Waals surface area contributed by atoms with Crippen LogP contribution >= 0.6 is 0 Å². The van der Waals surface area contributed by atoms with Crippen molar-refractivity contribution in [3.63, 3.8) is 0 Å². The molecule has 6 heteroatoms. The molecule has 0 spiro atoms. The standard InChI is InChI=1S/C6H8N2O4/c1-2-3-6(4-7(9)10)5-8(11)12/h2-4H,5H2,1H3. The summed E-state index contributed by atoms with van der Waals surface area (Å²) in [6.07, 6.45) is 3.48. The third kappa shape index (κ3) is 5.10. The highest BCUT2D eigenvalue weighted by Crippen LogP contribution is 1.97. The van der Waals surface area contributed by atoms with Gasteiger partial charge in [-0.25, -0.2) is 0 Å². The van der Waals surface area contributed by atoms with Gasteiger partial charge in [0.2, 0.25) is 12.7 Å². The Morgan fingerprint density at radius 2 is 2.00 bits per heavy atom. The van der Waals surface area contributed by atoms with E-state index in [0.29, 0.717) is 6.20 Å². The topological polar surface area (TPSA) is 86.3 Å². The highest BCUT2D eigenvalue weighted by atomic mass is 16.6. The maximum absolute atomic E-state index is 9.97. The number of nitro groups is 2. The Morgan fingerprint density at radius 3 is 2.33 bits per heavy atom. The summed E-state index contributed by atoms with van der Waals surface area (Å²) in [5, 5.41) is 19.9. The van der Waals surface area contributed by atoms with E-state index in [9.17, 15) is 20.2 Å². The van der Waals surface area contributed by atoms with Gasteiger partial charge in [-0.3, -0.25) is 20.2 Å². The van der Waals surface area contributed by atoms with Gasteiger partial charge in [0.05, 0.1) is 10.5 Å². The molecule has 0 aliphatic heterocycles. The molecule has 0 amide bonds. The zero-order valence-electron chi connectivity index (χ0n) is 6.47. The van der Waals surface area contributed by atoms with Crippen LogP contribution in [-0.2, 0) is 0 Å². The summed E-state index contributed by atoms with van der Waals surface area (Å²) < 4.78 is 0. The highest BCUT2D eigenvalue weighted by Gasteiger charge is 2.05. The Balaban J connectivity index is 4.43. The predicted molar refractivity (Wildman–Crippen MR) is 41.8 cm³/mol. The Hall–Kier alpha value is -1.72. The minimum atomic E-state index is -0.709. The zero-order valence-corrected chi connectivity index (χ0v) is 6.47. The van der Waals surface area contributed by atoms with E-state index in [1.54, 1.807) is 6.92 Å². The van der Waals surface area contributed by atoms with Crippen LogP contribution in [0, 0.1) is 20.2 Å². The lowest BCUT2D eigenvalue weighted by Crippen LogP contribution is -2.04. The van der Waals surface area contributed by atoms with Crippen molar-refractivity contribution in [1.29, 1.82) is 0 Å². The lowest BCUT2D eigenvalue weighted by Gasteiger charge is -1.90. The summed E-state index contributed by atoms with van der Waals surface area (Å²) >= 11 is 0. The molecule has 6 nitrogen and oxygen atoms in total. The van der Waals surface area contributed by atoms with Crippen LogP contribution in [0.1, 0.15) is 6.92 Å². The fourth-order valence-electron chi connectivity index (χ4n) is 0.635. The van der Waals surface area contributed by atoms with Gasteiger partial charge < -0.3 is 0 Å². The maximum Gasteiger partial charge on any atom is 0.244 e. The van der Waals surface area contributed by atoms with Gasteiger partial charge in [-0.1, -0.05) is 12.2 Å². The molecule has 0 unspecified atom stereocenters. The largest absolute Gasteiger partial charge is 0.264 e. The fraction of sp³-hybridized carbons (Fsp3) is 0.333. The monoisotopic (exact) mass is 172 g/mol. The molecule has 0 aliphatic carbocycles. The molecule has 0 aliphatic rings. The third-order valence-electron chi connectivity index (χ3n) is 0.964. The van der Waals surface area contributed by atoms with E-state index in [1.807, 2.05) is 0 Å². The van der Waals surface area contributed by atoms with Gasteiger partial charge >= 0.3 is 0 Å². The summed E-state index contributed by atoms with van der Waals surface area (Å²) in [7, 11) is 0. The average Bonchev–Trinajstić information content (AvgIpc) is 1.84. The summed E-state index contributed by atoms with van der Waals surface area (Å²) in [4.78, 5) is 18.6. The molecule has 66 valence electrons. The molecule has 0 saturated carbocycles. The van der Waals surface area contributed by atoms with E-state index in [4.69, 9.17) is 0 Å². The van der Waals surface area contributed by atoms with Gasteiger partial charge in [0, 0.05) is 4.92 Å². The van der Waals surface area contributed by atoms with E-state index in [2.05, 4.69) is 0 Å². The van der Waals surface area contributed by atoms with E-state index in [0.717, 1.165) is 0 Å². The van der Waals surface area contributed by atoms with Crippen molar-refractivity contribution < 1.29 is 9.85 Å². The second kappa shape index (κ2) is 5.00. The fourth-order valence-corrected chi connectivity index (χ4v) is 0.635. The average molecular weight is 172 g/mol. The number of allylic oxidation sites excluding steroid dienone is 1. The molecular formula is C6H8N2O4. The first-order valence-corrected chi connectivity index (χ1v) is 3.15. The van der Waals surface area contributed by atoms with Crippen LogP contribution in [0.2, 0.25) is 0 Å². The number of rotatable bonds is 4. The SMILES string of the molecule is CC=CC(=C[N+](=O)[O-])C[N+](=O)[O-]. The van der Waals surface area contributed by atoms with Gasteiger partial charge in [-0.15, -0.1) is 0 Å². The highest BCUT2D eigenvalue weighted by molar-refractivity contribution is 5.15. The van der Waals surface area contributed by atoms with Crippen LogP contribution in [0.25, 0.3) is 0 Å². The van der Waals surface area contributed by atoms with Crippen LogP contribution in [0.15, 0.2) is 23.9 Å². The minimum Gasteiger partial charge on any atom is -0.264 e. The molecule has 0 saturated heterocycles. The van der Waals surface area contributed by atoms with Crippen molar-refractivity contribution in [3.05, 3.63) is 44.2 Å². The third-order valence-corrected chi connectivity index (χ3v) is 0.964. The van der Waals surface area contributed by atoms with E-state index in [1.165, 1.54) is 12.2 Å². The van der Waals surface area contributed by atoms with Crippen molar-refractivity contribution in [2.75, 3.05) is 6.54 Å². The zero-order chi connectivity index (χ0) is 9.56. The molecule has 0 bridgehead atoms. The van der Waals surface area contributed by atoms with Gasteiger partial charge in [0.1, 0.15) is 0 Å². The first-order valence-electron chi connectivity index (χ1n) is 3.15. The summed E-state index contributed by atoms with van der Waals surface area (Å²) in [6.45, 7) is 1.11. The Morgan fingerprint density at radius 1 is 1.42 bits per heavy atom. The second-order valence-electron chi connectivity index (χ2n) is 1.98. The minimum absolute atomic E-state index is 0.0764. The molecule has 0 radical (unpaired) electrons. The number of hydrogen-bond acceptors (Lipinski definition) is 4. The van der Waals surface area contributed by atoms with Crippen molar-refractivity contribution in [1.82, 2.24) is 0 Å². The van der Waals surface area contributed by atoms with Crippen LogP contribution in [-0.4, -0.2) is 16.4 Å². The molecule has 0 aromatic carbocycles.